The van der Waals surface area contributed by atoms with Gasteiger partial charge in [0.15, 0.2) is 0 Å². The summed E-state index contributed by atoms with van der Waals surface area (Å²) in [6, 6.07) is 8.86. The number of para-hydroxylation sites is 1. The van der Waals surface area contributed by atoms with Crippen molar-refractivity contribution in [3.8, 4) is 0 Å². The maximum absolute atomic E-state index is 12.6. The number of pyridine rings is 1. The van der Waals surface area contributed by atoms with E-state index in [4.69, 9.17) is 0 Å². The Bertz CT molecular complexity index is 727. The zero-order valence-corrected chi connectivity index (χ0v) is 12.6. The Morgan fingerprint density at radius 3 is 3.00 bits per heavy atom. The lowest BCUT2D eigenvalue weighted by atomic mass is 10.1. The summed E-state index contributed by atoms with van der Waals surface area (Å²) < 4.78 is 0. The number of benzene rings is 1. The molecule has 5 nitrogen and oxygen atoms in total. The van der Waals surface area contributed by atoms with Gasteiger partial charge in [-0.25, -0.2) is 0 Å². The molecule has 2 amide bonds. The second kappa shape index (κ2) is 6.13. The number of hydrogen-bond acceptors (Lipinski definition) is 3. The summed E-state index contributed by atoms with van der Waals surface area (Å²) in [6.45, 7) is 2.55. The van der Waals surface area contributed by atoms with Crippen molar-refractivity contribution in [1.29, 1.82) is 0 Å². The number of nitrogens with one attached hydrogen (secondary N) is 2. The highest BCUT2D eigenvalue weighted by molar-refractivity contribution is 6.07. The molecule has 0 spiro atoms. The van der Waals surface area contributed by atoms with E-state index in [-0.39, 0.29) is 11.8 Å². The second-order valence-electron chi connectivity index (χ2n) is 5.64. The molecule has 2 aromatic rings. The molecule has 3 rings (SSSR count). The van der Waals surface area contributed by atoms with Crippen LogP contribution in [-0.2, 0) is 4.79 Å². The van der Waals surface area contributed by atoms with Crippen LogP contribution in [0.5, 0.6) is 0 Å². The maximum Gasteiger partial charge on any atom is 0.252 e. The van der Waals surface area contributed by atoms with Crippen molar-refractivity contribution in [3.63, 3.8) is 0 Å². The van der Waals surface area contributed by atoms with E-state index in [1.165, 1.54) is 0 Å². The van der Waals surface area contributed by atoms with E-state index in [0.717, 1.165) is 29.4 Å². The van der Waals surface area contributed by atoms with Crippen molar-refractivity contribution in [2.75, 3.05) is 6.54 Å². The van der Waals surface area contributed by atoms with Crippen LogP contribution in [0.25, 0.3) is 10.9 Å². The van der Waals surface area contributed by atoms with E-state index in [9.17, 15) is 9.59 Å². The zero-order valence-electron chi connectivity index (χ0n) is 12.6. The van der Waals surface area contributed by atoms with Crippen molar-refractivity contribution in [1.82, 2.24) is 15.6 Å². The van der Waals surface area contributed by atoms with Crippen molar-refractivity contribution in [2.24, 2.45) is 0 Å². The molecule has 0 bridgehead atoms. The summed E-state index contributed by atoms with van der Waals surface area (Å²) >= 11 is 0. The highest BCUT2D eigenvalue weighted by Crippen LogP contribution is 2.18. The van der Waals surface area contributed by atoms with Crippen molar-refractivity contribution in [2.45, 2.75) is 32.2 Å². The topological polar surface area (TPSA) is 71.1 Å². The largest absolute Gasteiger partial charge is 0.354 e. The van der Waals surface area contributed by atoms with E-state index >= 15 is 0 Å². The van der Waals surface area contributed by atoms with E-state index < -0.39 is 6.04 Å². The van der Waals surface area contributed by atoms with E-state index in [1.54, 1.807) is 6.07 Å². The Morgan fingerprint density at radius 1 is 1.32 bits per heavy atom. The standard InChI is InChI=1S/C17H19N3O2/c1-11-10-13(12-6-2-3-7-14(12)19-11)16(21)20-15-8-4-5-9-18-17(15)22/h2-3,6-7,10,15H,4-5,8-9H2,1H3,(H,18,22)(H,20,21)/t15-/m1/s1. The number of nitrogens with zero attached hydrogens (tertiary/aromatic N) is 1. The van der Waals surface area contributed by atoms with Gasteiger partial charge in [-0.15, -0.1) is 0 Å². The fraction of sp³-hybridized carbons (Fsp3) is 0.353. The Hall–Kier alpha value is -2.43. The van der Waals surface area contributed by atoms with Crippen LogP contribution in [0.1, 0.15) is 35.3 Å². The van der Waals surface area contributed by atoms with Gasteiger partial charge in [0.1, 0.15) is 6.04 Å². The number of fused-ring (bicyclic) bond motifs is 1. The third kappa shape index (κ3) is 2.93. The second-order valence-corrected chi connectivity index (χ2v) is 5.64. The van der Waals surface area contributed by atoms with E-state index in [0.29, 0.717) is 18.5 Å². The highest BCUT2D eigenvalue weighted by atomic mass is 16.2. The molecule has 1 saturated heterocycles. The first kappa shape index (κ1) is 14.5. The average molecular weight is 297 g/mol. The van der Waals surface area contributed by atoms with Crippen LogP contribution in [0.3, 0.4) is 0 Å². The summed E-state index contributed by atoms with van der Waals surface area (Å²) in [7, 11) is 0. The molecule has 1 aliphatic rings. The molecule has 1 atom stereocenters. The molecule has 0 aliphatic carbocycles. The highest BCUT2D eigenvalue weighted by Gasteiger charge is 2.23. The van der Waals surface area contributed by atoms with Gasteiger partial charge in [0.05, 0.1) is 11.1 Å². The molecule has 2 N–H and O–H groups in total. The smallest absolute Gasteiger partial charge is 0.252 e. The van der Waals surface area contributed by atoms with Gasteiger partial charge in [0.2, 0.25) is 5.91 Å². The average Bonchev–Trinajstić information content (AvgIpc) is 2.71. The summed E-state index contributed by atoms with van der Waals surface area (Å²) in [5.41, 5.74) is 2.15. The van der Waals surface area contributed by atoms with Crippen LogP contribution < -0.4 is 10.6 Å². The zero-order chi connectivity index (χ0) is 15.5. The molecule has 1 fully saturated rings. The van der Waals surface area contributed by atoms with Crippen LogP contribution in [0.4, 0.5) is 0 Å². The Morgan fingerprint density at radius 2 is 2.14 bits per heavy atom. The number of aromatic nitrogens is 1. The van der Waals surface area contributed by atoms with E-state index in [2.05, 4.69) is 15.6 Å². The molecule has 0 unspecified atom stereocenters. The fourth-order valence-electron chi connectivity index (χ4n) is 2.81. The number of amides is 2. The van der Waals surface area contributed by atoms with Crippen LogP contribution in [0.15, 0.2) is 30.3 Å². The van der Waals surface area contributed by atoms with Crippen LogP contribution in [0.2, 0.25) is 0 Å². The summed E-state index contributed by atoms with van der Waals surface area (Å²) in [6.07, 6.45) is 2.56. The molecule has 114 valence electrons. The van der Waals surface area contributed by atoms with E-state index in [1.807, 2.05) is 31.2 Å². The number of hydrogen-bond donors (Lipinski definition) is 2. The number of carbonyl (C=O) groups is 2. The van der Waals surface area contributed by atoms with Gasteiger partial charge >= 0.3 is 0 Å². The number of aryl methyl sites for hydroxylation is 1. The van der Waals surface area contributed by atoms with Gasteiger partial charge in [-0.3, -0.25) is 14.6 Å². The monoisotopic (exact) mass is 297 g/mol. The van der Waals surface area contributed by atoms with Crippen molar-refractivity contribution in [3.05, 3.63) is 41.6 Å². The molecule has 22 heavy (non-hydrogen) atoms. The molecule has 2 heterocycles. The normalized spacial score (nSPS) is 18.6. The van der Waals surface area contributed by atoms with Gasteiger partial charge in [0.25, 0.3) is 5.91 Å². The minimum atomic E-state index is -0.456. The molecular weight excluding hydrogens is 278 g/mol. The lowest BCUT2D eigenvalue weighted by molar-refractivity contribution is -0.122. The first-order valence-electron chi connectivity index (χ1n) is 7.60. The lowest BCUT2D eigenvalue weighted by Gasteiger charge is -2.16. The van der Waals surface area contributed by atoms with Crippen LogP contribution in [-0.4, -0.2) is 29.4 Å². The molecular formula is C17H19N3O2. The predicted octanol–water partition coefficient (Wildman–Crippen LogP) is 1.94. The Kier molecular flexibility index (Phi) is 4.04. The predicted molar refractivity (Wildman–Crippen MR) is 84.6 cm³/mol. The minimum Gasteiger partial charge on any atom is -0.354 e. The summed E-state index contributed by atoms with van der Waals surface area (Å²) in [5.74, 6) is -0.315. The number of carbonyl (C=O) groups excluding carboxylic acids is 2. The molecule has 1 aromatic heterocycles. The molecule has 0 saturated carbocycles. The summed E-state index contributed by atoms with van der Waals surface area (Å²) in [5, 5.41) is 6.50. The molecule has 1 aromatic carbocycles. The van der Waals surface area contributed by atoms with Crippen molar-refractivity contribution < 1.29 is 9.59 Å². The lowest BCUT2D eigenvalue weighted by Crippen LogP contribution is -2.45. The van der Waals surface area contributed by atoms with Gasteiger partial charge in [0, 0.05) is 17.6 Å². The minimum absolute atomic E-state index is 0.0964. The van der Waals surface area contributed by atoms with Gasteiger partial charge in [-0.2, -0.15) is 0 Å². The number of rotatable bonds is 2. The Labute approximate surface area is 129 Å². The van der Waals surface area contributed by atoms with Gasteiger partial charge in [-0.05, 0) is 38.3 Å². The first-order chi connectivity index (χ1) is 10.6. The molecule has 1 aliphatic heterocycles. The third-order valence-electron chi connectivity index (χ3n) is 3.93. The SMILES string of the molecule is Cc1cc(C(=O)N[C@@H]2CCCCNC2=O)c2ccccc2n1. The fourth-order valence-corrected chi connectivity index (χ4v) is 2.81. The summed E-state index contributed by atoms with van der Waals surface area (Å²) in [4.78, 5) is 29.0. The van der Waals surface area contributed by atoms with Crippen LogP contribution in [0, 0.1) is 6.92 Å². The molecule has 5 heteroatoms. The third-order valence-corrected chi connectivity index (χ3v) is 3.93. The Balaban J connectivity index is 1.90. The van der Waals surface area contributed by atoms with Gasteiger partial charge < -0.3 is 10.6 Å². The van der Waals surface area contributed by atoms with Crippen LogP contribution >= 0.6 is 0 Å². The molecule has 0 radical (unpaired) electrons. The van der Waals surface area contributed by atoms with Gasteiger partial charge in [-0.1, -0.05) is 18.2 Å². The quantitative estimate of drug-likeness (QED) is 0.890. The van der Waals surface area contributed by atoms with Crippen molar-refractivity contribution >= 4 is 22.7 Å². The maximum atomic E-state index is 12.6. The first-order valence-corrected chi connectivity index (χ1v) is 7.60.